The average molecular weight is 562 g/mol. The molecule has 1 saturated carbocycles. The molecule has 0 N–H and O–H groups in total. The van der Waals surface area contributed by atoms with E-state index in [1.807, 2.05) is 12.1 Å². The van der Waals surface area contributed by atoms with Crippen LogP contribution in [0.5, 0.6) is 5.75 Å². The van der Waals surface area contributed by atoms with E-state index >= 15 is 4.39 Å². The molecule has 202 valence electrons. The smallest absolute Gasteiger partial charge is 0.256 e. The molecule has 2 saturated heterocycles. The zero-order chi connectivity index (χ0) is 27.0. The third kappa shape index (κ3) is 5.78. The zero-order valence-electron chi connectivity index (χ0n) is 21.4. The number of halogens is 4. The maximum absolute atomic E-state index is 15.1. The Morgan fingerprint density at radius 1 is 1.13 bits per heavy atom. The van der Waals surface area contributed by atoms with Gasteiger partial charge in [-0.05, 0) is 80.3 Å². The molecule has 5 nitrogen and oxygen atoms in total. The van der Waals surface area contributed by atoms with Crippen molar-refractivity contribution in [2.24, 2.45) is 5.41 Å². The zero-order valence-corrected chi connectivity index (χ0v) is 22.9. The van der Waals surface area contributed by atoms with Crippen molar-refractivity contribution in [1.82, 2.24) is 9.80 Å². The first-order valence-electron chi connectivity index (χ1n) is 13.2. The van der Waals surface area contributed by atoms with Crippen LogP contribution in [0.15, 0.2) is 30.3 Å². The number of rotatable bonds is 7. The third-order valence-corrected chi connectivity index (χ3v) is 8.61. The second-order valence-electron chi connectivity index (χ2n) is 10.9. The number of hydrogen-bond acceptors (Lipinski definition) is 4. The number of likely N-dealkylation sites (tertiary alicyclic amines) is 2. The van der Waals surface area contributed by atoms with Crippen LogP contribution in [0.1, 0.15) is 72.5 Å². The highest BCUT2D eigenvalue weighted by atomic mass is 35.5. The number of hydrogen-bond donors (Lipinski definition) is 0. The number of piperidine rings is 1. The van der Waals surface area contributed by atoms with Gasteiger partial charge in [-0.15, -0.1) is 0 Å². The van der Waals surface area contributed by atoms with Gasteiger partial charge in [0, 0.05) is 41.8 Å². The SMILES string of the molecule is C[C@@H](c1cc(Cl)cc(Cl)c1)N1CCC(C#N)(COc2cc(F)c(C(=O)N3CCC(F)C3)cc2C2CC2)CC1. The summed E-state index contributed by atoms with van der Waals surface area (Å²) in [7, 11) is 0. The third-order valence-electron chi connectivity index (χ3n) is 8.18. The lowest BCUT2D eigenvalue weighted by Gasteiger charge is -2.40. The second kappa shape index (κ2) is 11.0. The quantitative estimate of drug-likeness (QED) is 0.367. The molecule has 38 heavy (non-hydrogen) atoms. The van der Waals surface area contributed by atoms with Gasteiger partial charge in [0.2, 0.25) is 0 Å². The molecule has 2 aliphatic heterocycles. The molecule has 5 rings (SSSR count). The molecule has 0 radical (unpaired) electrons. The van der Waals surface area contributed by atoms with Crippen molar-refractivity contribution in [3.8, 4) is 11.8 Å². The number of amides is 1. The number of alkyl halides is 1. The van der Waals surface area contributed by atoms with E-state index in [0.29, 0.717) is 48.3 Å². The van der Waals surface area contributed by atoms with E-state index in [-0.39, 0.29) is 37.1 Å². The van der Waals surface area contributed by atoms with Crippen molar-refractivity contribution < 1.29 is 18.3 Å². The molecule has 1 aliphatic carbocycles. The van der Waals surface area contributed by atoms with Crippen molar-refractivity contribution in [2.75, 3.05) is 32.8 Å². The van der Waals surface area contributed by atoms with Crippen LogP contribution >= 0.6 is 23.2 Å². The summed E-state index contributed by atoms with van der Waals surface area (Å²) < 4.78 is 34.9. The number of nitrogens with zero attached hydrogens (tertiary/aromatic N) is 3. The summed E-state index contributed by atoms with van der Waals surface area (Å²) in [6.45, 7) is 3.94. The van der Waals surface area contributed by atoms with E-state index < -0.39 is 23.3 Å². The summed E-state index contributed by atoms with van der Waals surface area (Å²) in [6, 6.07) is 10.9. The summed E-state index contributed by atoms with van der Waals surface area (Å²) in [6.07, 6.45) is 2.32. The lowest BCUT2D eigenvalue weighted by Crippen LogP contribution is -2.43. The van der Waals surface area contributed by atoms with Gasteiger partial charge in [0.15, 0.2) is 0 Å². The first-order valence-corrected chi connectivity index (χ1v) is 13.9. The van der Waals surface area contributed by atoms with Crippen LogP contribution in [-0.2, 0) is 0 Å². The number of nitriles is 1. The van der Waals surface area contributed by atoms with Gasteiger partial charge in [0.05, 0.1) is 23.6 Å². The van der Waals surface area contributed by atoms with Gasteiger partial charge in [-0.25, -0.2) is 8.78 Å². The predicted molar refractivity (Wildman–Crippen MR) is 143 cm³/mol. The van der Waals surface area contributed by atoms with Crippen molar-refractivity contribution in [3.05, 3.63) is 62.9 Å². The Hall–Kier alpha value is -2.40. The summed E-state index contributed by atoms with van der Waals surface area (Å²) >= 11 is 12.4. The highest BCUT2D eigenvalue weighted by Crippen LogP contribution is 2.46. The van der Waals surface area contributed by atoms with Crippen LogP contribution < -0.4 is 4.74 Å². The molecule has 1 unspecified atom stereocenters. The average Bonchev–Trinajstić information content (AvgIpc) is 3.65. The Balaban J connectivity index is 1.27. The Morgan fingerprint density at radius 3 is 2.39 bits per heavy atom. The normalized spacial score (nSPS) is 22.2. The summed E-state index contributed by atoms with van der Waals surface area (Å²) in [4.78, 5) is 16.5. The number of carbonyl (C=O) groups excluding carboxylic acids is 1. The molecule has 1 amide bonds. The van der Waals surface area contributed by atoms with Crippen molar-refractivity contribution >= 4 is 29.1 Å². The molecule has 0 bridgehead atoms. The van der Waals surface area contributed by atoms with Crippen LogP contribution in [0, 0.1) is 22.6 Å². The van der Waals surface area contributed by atoms with E-state index in [4.69, 9.17) is 27.9 Å². The fourth-order valence-corrected chi connectivity index (χ4v) is 6.06. The van der Waals surface area contributed by atoms with Gasteiger partial charge >= 0.3 is 0 Å². The Morgan fingerprint density at radius 2 is 1.82 bits per heavy atom. The van der Waals surface area contributed by atoms with Gasteiger partial charge in [-0.2, -0.15) is 5.26 Å². The van der Waals surface area contributed by atoms with Crippen molar-refractivity contribution in [2.45, 2.75) is 57.2 Å². The first-order chi connectivity index (χ1) is 18.2. The Kier molecular flexibility index (Phi) is 7.86. The van der Waals surface area contributed by atoms with Crippen molar-refractivity contribution in [3.63, 3.8) is 0 Å². The van der Waals surface area contributed by atoms with E-state index in [1.54, 1.807) is 12.1 Å². The molecule has 2 atom stereocenters. The monoisotopic (exact) mass is 561 g/mol. The molecule has 2 aromatic carbocycles. The number of ether oxygens (including phenoxy) is 1. The molecule has 0 aromatic heterocycles. The lowest BCUT2D eigenvalue weighted by molar-refractivity contribution is 0.0742. The van der Waals surface area contributed by atoms with E-state index in [0.717, 1.165) is 24.0 Å². The molecule has 3 aliphatic rings. The van der Waals surface area contributed by atoms with Gasteiger partial charge in [0.25, 0.3) is 5.91 Å². The van der Waals surface area contributed by atoms with Gasteiger partial charge in [-0.1, -0.05) is 23.2 Å². The standard InChI is InChI=1S/C29H31Cl2F2N3O2/c1-18(20-10-21(30)12-22(31)11-20)35-8-5-29(16-34,6-9-35)17-38-27-14-26(33)25(13-24(27)19-2-3-19)28(37)36-7-4-23(32)15-36/h10-14,18-19,23H,2-9,15,17H2,1H3/t18-,23?/m0/s1. The fraction of sp³-hybridized carbons (Fsp3) is 0.517. The molecular formula is C29H31Cl2F2N3O2. The van der Waals surface area contributed by atoms with Crippen molar-refractivity contribution in [1.29, 1.82) is 5.26 Å². The maximum Gasteiger partial charge on any atom is 0.256 e. The van der Waals surface area contributed by atoms with Gasteiger partial charge in [0.1, 0.15) is 24.3 Å². The van der Waals surface area contributed by atoms with Crippen LogP contribution in [0.25, 0.3) is 0 Å². The minimum atomic E-state index is -1.06. The molecule has 2 heterocycles. The molecule has 9 heteroatoms. The lowest BCUT2D eigenvalue weighted by atomic mass is 9.80. The number of benzene rings is 2. The van der Waals surface area contributed by atoms with Crippen LogP contribution in [0.2, 0.25) is 10.0 Å². The summed E-state index contributed by atoms with van der Waals surface area (Å²) in [5.74, 6) is -0.557. The number of carbonyl (C=O) groups is 1. The minimum Gasteiger partial charge on any atom is -0.492 e. The van der Waals surface area contributed by atoms with Crippen LogP contribution in [0.4, 0.5) is 8.78 Å². The molecule has 3 fully saturated rings. The summed E-state index contributed by atoms with van der Waals surface area (Å²) in [5.41, 5.74) is 1.09. The highest BCUT2D eigenvalue weighted by molar-refractivity contribution is 6.34. The maximum atomic E-state index is 15.1. The topological polar surface area (TPSA) is 56.6 Å². The highest BCUT2D eigenvalue weighted by Gasteiger charge is 2.38. The van der Waals surface area contributed by atoms with E-state index in [2.05, 4.69) is 17.9 Å². The molecule has 2 aromatic rings. The second-order valence-corrected chi connectivity index (χ2v) is 11.7. The van der Waals surface area contributed by atoms with Gasteiger partial charge in [-0.3, -0.25) is 9.69 Å². The fourth-order valence-electron chi connectivity index (χ4n) is 5.52. The van der Waals surface area contributed by atoms with Crippen LogP contribution in [-0.4, -0.2) is 54.7 Å². The van der Waals surface area contributed by atoms with Gasteiger partial charge < -0.3 is 9.64 Å². The summed E-state index contributed by atoms with van der Waals surface area (Å²) in [5, 5.41) is 11.3. The van der Waals surface area contributed by atoms with E-state index in [1.165, 1.54) is 11.0 Å². The molecular weight excluding hydrogens is 531 g/mol. The molecule has 0 spiro atoms. The van der Waals surface area contributed by atoms with Crippen LogP contribution in [0.3, 0.4) is 0 Å². The first kappa shape index (κ1) is 27.2. The Labute approximate surface area is 232 Å². The minimum absolute atomic E-state index is 0.0000380. The Bertz CT molecular complexity index is 1230. The largest absolute Gasteiger partial charge is 0.492 e. The van der Waals surface area contributed by atoms with E-state index in [9.17, 15) is 14.4 Å². The predicted octanol–water partition coefficient (Wildman–Crippen LogP) is 6.94.